The Morgan fingerprint density at radius 2 is 2.00 bits per heavy atom. The normalized spacial score (nSPS) is 23.1. The van der Waals surface area contributed by atoms with E-state index in [-0.39, 0.29) is 18.9 Å². The molecule has 0 radical (unpaired) electrons. The van der Waals surface area contributed by atoms with Crippen LogP contribution in [0, 0.1) is 0 Å². The third-order valence-electron chi connectivity index (χ3n) is 3.28. The highest BCUT2D eigenvalue weighted by Gasteiger charge is 2.42. The summed E-state index contributed by atoms with van der Waals surface area (Å²) >= 11 is 0. The van der Waals surface area contributed by atoms with Gasteiger partial charge in [-0.3, -0.25) is 9.59 Å². The van der Waals surface area contributed by atoms with Crippen LogP contribution >= 0.6 is 0 Å². The molecule has 1 fully saturated rings. The molecule has 1 atom stereocenters. The lowest BCUT2D eigenvalue weighted by Gasteiger charge is -2.20. The number of hydrogen-bond donors (Lipinski definition) is 2. The van der Waals surface area contributed by atoms with Crippen molar-refractivity contribution in [2.45, 2.75) is 18.4 Å². The fourth-order valence-electron chi connectivity index (χ4n) is 2.10. The summed E-state index contributed by atoms with van der Waals surface area (Å²) in [4.78, 5) is 24.5. The number of amides is 1. The van der Waals surface area contributed by atoms with Crippen LogP contribution in [0.15, 0.2) is 30.3 Å². The minimum atomic E-state index is -1.29. The fourth-order valence-corrected chi connectivity index (χ4v) is 2.10. The second-order valence-corrected chi connectivity index (χ2v) is 4.69. The van der Waals surface area contributed by atoms with Crippen LogP contribution in [0.2, 0.25) is 0 Å². The quantitative estimate of drug-likeness (QED) is 0.802. The molecule has 1 heterocycles. The first-order valence-corrected chi connectivity index (χ1v) is 5.85. The van der Waals surface area contributed by atoms with Crippen LogP contribution in [0.1, 0.15) is 12.0 Å². The molecule has 0 aromatic heterocycles. The Labute approximate surface area is 105 Å². The van der Waals surface area contributed by atoms with E-state index >= 15 is 0 Å². The zero-order valence-electron chi connectivity index (χ0n) is 10.0. The molecular formula is C13H16N2O3. The maximum Gasteiger partial charge on any atom is 0.325 e. The molecule has 96 valence electrons. The molecule has 1 aromatic carbocycles. The van der Waals surface area contributed by atoms with Gasteiger partial charge in [-0.05, 0) is 12.0 Å². The Balaban J connectivity index is 1.98. The van der Waals surface area contributed by atoms with Crippen molar-refractivity contribution in [3.8, 4) is 0 Å². The Bertz CT molecular complexity index is 461. The van der Waals surface area contributed by atoms with Crippen molar-refractivity contribution in [2.75, 3.05) is 13.1 Å². The van der Waals surface area contributed by atoms with Gasteiger partial charge in [0.1, 0.15) is 5.54 Å². The number of hydrogen-bond acceptors (Lipinski definition) is 3. The second kappa shape index (κ2) is 4.78. The van der Waals surface area contributed by atoms with Crippen LogP contribution < -0.4 is 5.73 Å². The molecule has 1 aromatic rings. The molecule has 18 heavy (non-hydrogen) atoms. The minimum Gasteiger partial charge on any atom is -0.480 e. The van der Waals surface area contributed by atoms with Crippen LogP contribution in [0.3, 0.4) is 0 Å². The summed E-state index contributed by atoms with van der Waals surface area (Å²) in [5, 5.41) is 9.00. The molecule has 1 amide bonds. The first kappa shape index (κ1) is 12.6. The van der Waals surface area contributed by atoms with E-state index in [0.29, 0.717) is 13.0 Å². The van der Waals surface area contributed by atoms with Gasteiger partial charge in [-0.25, -0.2) is 0 Å². The van der Waals surface area contributed by atoms with E-state index in [0.717, 1.165) is 5.56 Å². The number of carbonyl (C=O) groups excluding carboxylic acids is 1. The van der Waals surface area contributed by atoms with Gasteiger partial charge in [0.25, 0.3) is 0 Å². The van der Waals surface area contributed by atoms with Gasteiger partial charge in [0.05, 0.1) is 6.42 Å². The van der Waals surface area contributed by atoms with Gasteiger partial charge < -0.3 is 15.7 Å². The van der Waals surface area contributed by atoms with Gasteiger partial charge in [-0.1, -0.05) is 30.3 Å². The molecule has 1 saturated heterocycles. The number of nitrogens with zero attached hydrogens (tertiary/aromatic N) is 1. The Hall–Kier alpha value is -1.88. The van der Waals surface area contributed by atoms with E-state index in [4.69, 9.17) is 10.8 Å². The van der Waals surface area contributed by atoms with Crippen molar-refractivity contribution in [3.05, 3.63) is 35.9 Å². The lowest BCUT2D eigenvalue weighted by Crippen LogP contribution is -2.50. The third kappa shape index (κ3) is 2.51. The van der Waals surface area contributed by atoms with Gasteiger partial charge in [0.2, 0.25) is 5.91 Å². The van der Waals surface area contributed by atoms with E-state index in [1.165, 1.54) is 4.90 Å². The molecule has 0 bridgehead atoms. The highest BCUT2D eigenvalue weighted by Crippen LogP contribution is 2.19. The molecule has 1 unspecified atom stereocenters. The Morgan fingerprint density at radius 3 is 2.56 bits per heavy atom. The van der Waals surface area contributed by atoms with Crippen LogP contribution in [0.25, 0.3) is 0 Å². The van der Waals surface area contributed by atoms with Gasteiger partial charge in [0.15, 0.2) is 0 Å². The van der Waals surface area contributed by atoms with Crippen molar-refractivity contribution in [2.24, 2.45) is 5.73 Å². The van der Waals surface area contributed by atoms with Crippen LogP contribution in [0.5, 0.6) is 0 Å². The summed E-state index contributed by atoms with van der Waals surface area (Å²) in [6.07, 6.45) is 0.597. The van der Waals surface area contributed by atoms with Crippen LogP contribution in [-0.4, -0.2) is 40.5 Å². The topological polar surface area (TPSA) is 83.6 Å². The van der Waals surface area contributed by atoms with E-state index in [1.54, 1.807) is 0 Å². The Morgan fingerprint density at radius 1 is 1.33 bits per heavy atom. The first-order chi connectivity index (χ1) is 8.51. The zero-order valence-corrected chi connectivity index (χ0v) is 10.0. The van der Waals surface area contributed by atoms with Gasteiger partial charge >= 0.3 is 5.97 Å². The SMILES string of the molecule is NC1(C(=O)O)CCN(C(=O)Cc2ccccc2)C1. The summed E-state index contributed by atoms with van der Waals surface area (Å²) < 4.78 is 0. The standard InChI is InChI=1S/C13H16N2O3/c14-13(12(17)18)6-7-15(9-13)11(16)8-10-4-2-1-3-5-10/h1-5H,6-9,14H2,(H,17,18). The van der Waals surface area contributed by atoms with Crippen molar-refractivity contribution >= 4 is 11.9 Å². The molecule has 0 aliphatic carbocycles. The highest BCUT2D eigenvalue weighted by molar-refractivity contribution is 5.84. The summed E-state index contributed by atoms with van der Waals surface area (Å²) in [7, 11) is 0. The van der Waals surface area contributed by atoms with E-state index in [9.17, 15) is 9.59 Å². The van der Waals surface area contributed by atoms with Gasteiger partial charge in [0, 0.05) is 13.1 Å². The smallest absolute Gasteiger partial charge is 0.325 e. The number of rotatable bonds is 3. The number of nitrogens with two attached hydrogens (primary N) is 1. The van der Waals surface area contributed by atoms with Gasteiger partial charge in [-0.15, -0.1) is 0 Å². The van der Waals surface area contributed by atoms with Crippen molar-refractivity contribution in [1.29, 1.82) is 0 Å². The number of carbonyl (C=O) groups is 2. The molecule has 0 saturated carbocycles. The number of carboxylic acids is 1. The molecule has 1 aliphatic heterocycles. The molecule has 2 rings (SSSR count). The molecule has 3 N–H and O–H groups in total. The summed E-state index contributed by atoms with van der Waals surface area (Å²) in [5.74, 6) is -1.12. The van der Waals surface area contributed by atoms with Crippen molar-refractivity contribution < 1.29 is 14.7 Å². The number of likely N-dealkylation sites (tertiary alicyclic amines) is 1. The lowest BCUT2D eigenvalue weighted by molar-refractivity contribution is -0.143. The minimum absolute atomic E-state index is 0.0743. The lowest BCUT2D eigenvalue weighted by atomic mass is 10.0. The van der Waals surface area contributed by atoms with Crippen molar-refractivity contribution in [1.82, 2.24) is 4.90 Å². The summed E-state index contributed by atoms with van der Waals surface area (Å²) in [6.45, 7) is 0.502. The summed E-state index contributed by atoms with van der Waals surface area (Å²) in [6, 6.07) is 9.38. The Kier molecular flexibility index (Phi) is 3.34. The average Bonchev–Trinajstić information content (AvgIpc) is 2.75. The average molecular weight is 248 g/mol. The largest absolute Gasteiger partial charge is 0.480 e. The third-order valence-corrected chi connectivity index (χ3v) is 3.28. The van der Waals surface area contributed by atoms with Crippen LogP contribution in [0.4, 0.5) is 0 Å². The van der Waals surface area contributed by atoms with E-state index < -0.39 is 11.5 Å². The van der Waals surface area contributed by atoms with E-state index in [2.05, 4.69) is 0 Å². The maximum absolute atomic E-state index is 12.0. The predicted molar refractivity (Wildman–Crippen MR) is 65.9 cm³/mol. The molecule has 1 aliphatic rings. The fraction of sp³-hybridized carbons (Fsp3) is 0.385. The molecule has 5 heteroatoms. The molecule has 0 spiro atoms. The maximum atomic E-state index is 12.0. The second-order valence-electron chi connectivity index (χ2n) is 4.69. The van der Waals surface area contributed by atoms with Crippen LogP contribution in [-0.2, 0) is 16.0 Å². The number of benzene rings is 1. The van der Waals surface area contributed by atoms with Gasteiger partial charge in [-0.2, -0.15) is 0 Å². The number of aliphatic carboxylic acids is 1. The van der Waals surface area contributed by atoms with E-state index in [1.807, 2.05) is 30.3 Å². The molecular weight excluding hydrogens is 232 g/mol. The highest BCUT2D eigenvalue weighted by atomic mass is 16.4. The first-order valence-electron chi connectivity index (χ1n) is 5.85. The summed E-state index contributed by atoms with van der Waals surface area (Å²) in [5.41, 5.74) is 5.37. The zero-order chi connectivity index (χ0) is 13.2. The molecule has 5 nitrogen and oxygen atoms in total. The number of carboxylic acid groups (broad SMARTS) is 1. The monoisotopic (exact) mass is 248 g/mol. The van der Waals surface area contributed by atoms with Crippen molar-refractivity contribution in [3.63, 3.8) is 0 Å². The predicted octanol–water partition coefficient (Wildman–Crippen LogP) is 0.244.